The molecule has 0 aliphatic heterocycles. The second kappa shape index (κ2) is 8.47. The molecule has 25 heavy (non-hydrogen) atoms. The van der Waals surface area contributed by atoms with E-state index in [-0.39, 0.29) is 23.8 Å². The van der Waals surface area contributed by atoms with Crippen LogP contribution in [0.25, 0.3) is 11.1 Å². The Labute approximate surface area is 149 Å². The van der Waals surface area contributed by atoms with Crippen LogP contribution in [0.5, 0.6) is 0 Å². The number of benzene rings is 2. The molecule has 0 aliphatic rings. The Morgan fingerprint density at radius 2 is 1.36 bits per heavy atom. The van der Waals surface area contributed by atoms with Gasteiger partial charge in [0.15, 0.2) is 0 Å². The molecule has 0 heterocycles. The quantitative estimate of drug-likeness (QED) is 0.844. The van der Waals surface area contributed by atoms with Crippen molar-refractivity contribution >= 4 is 11.8 Å². The molecule has 0 fully saturated rings. The molecular weight excluding hydrogens is 312 g/mol. The lowest BCUT2D eigenvalue weighted by molar-refractivity contribution is -0.129. The summed E-state index contributed by atoms with van der Waals surface area (Å²) in [7, 11) is 0. The van der Waals surface area contributed by atoms with Gasteiger partial charge in [0.2, 0.25) is 11.8 Å². The Morgan fingerprint density at radius 3 is 1.88 bits per heavy atom. The van der Waals surface area contributed by atoms with Gasteiger partial charge in [-0.05, 0) is 29.5 Å². The molecule has 0 saturated heterocycles. The summed E-state index contributed by atoms with van der Waals surface area (Å²) in [5.74, 6) is -0.338. The summed E-state index contributed by atoms with van der Waals surface area (Å²) >= 11 is 0. The van der Waals surface area contributed by atoms with Gasteiger partial charge in [-0.2, -0.15) is 0 Å². The van der Waals surface area contributed by atoms with E-state index >= 15 is 0 Å². The molecule has 2 amide bonds. The van der Waals surface area contributed by atoms with Gasteiger partial charge < -0.3 is 10.6 Å². The third kappa shape index (κ3) is 5.18. The molecule has 2 unspecified atom stereocenters. The molecule has 2 aromatic carbocycles. The smallest absolute Gasteiger partial charge is 0.243 e. The van der Waals surface area contributed by atoms with Crippen molar-refractivity contribution in [3.8, 4) is 11.1 Å². The molecule has 2 atom stereocenters. The summed E-state index contributed by atoms with van der Waals surface area (Å²) in [6.45, 7) is 7.20. The third-order valence-corrected chi connectivity index (χ3v) is 4.18. The molecule has 2 aromatic rings. The fourth-order valence-corrected chi connectivity index (χ4v) is 2.74. The normalized spacial score (nSPS) is 13.2. The van der Waals surface area contributed by atoms with Crippen LogP contribution in [0.15, 0.2) is 54.6 Å². The number of carbonyl (C=O) groups excluding carboxylic acids is 2. The summed E-state index contributed by atoms with van der Waals surface area (Å²) in [5.41, 5.74) is 3.33. The van der Waals surface area contributed by atoms with Gasteiger partial charge in [-0.1, -0.05) is 68.4 Å². The van der Waals surface area contributed by atoms with Gasteiger partial charge in [-0.15, -0.1) is 0 Å². The van der Waals surface area contributed by atoms with Gasteiger partial charge >= 0.3 is 0 Å². The van der Waals surface area contributed by atoms with E-state index in [1.54, 1.807) is 0 Å². The van der Waals surface area contributed by atoms with Crippen LogP contribution in [0.2, 0.25) is 0 Å². The van der Waals surface area contributed by atoms with Crippen molar-refractivity contribution in [2.24, 2.45) is 5.92 Å². The number of rotatable bonds is 6. The van der Waals surface area contributed by atoms with E-state index in [0.29, 0.717) is 0 Å². The summed E-state index contributed by atoms with van der Waals surface area (Å²) in [4.78, 5) is 23.8. The third-order valence-electron chi connectivity index (χ3n) is 4.18. The fraction of sp³-hybridized carbons (Fsp3) is 0.333. The topological polar surface area (TPSA) is 58.2 Å². The van der Waals surface area contributed by atoms with E-state index in [1.807, 2.05) is 51.1 Å². The van der Waals surface area contributed by atoms with Crippen molar-refractivity contribution in [3.05, 3.63) is 60.2 Å². The number of carbonyl (C=O) groups is 2. The molecule has 0 bridgehead atoms. The Balaban J connectivity index is 2.06. The van der Waals surface area contributed by atoms with Crippen molar-refractivity contribution in [3.63, 3.8) is 0 Å². The van der Waals surface area contributed by atoms with Gasteiger partial charge in [0.1, 0.15) is 6.04 Å². The SMILES string of the molecule is CC(=O)NC(C(=O)NC(C)c1ccc(-c2ccccc2)cc1)C(C)C. The second-order valence-electron chi connectivity index (χ2n) is 6.64. The molecule has 0 saturated carbocycles. The van der Waals surface area contributed by atoms with E-state index in [2.05, 4.69) is 34.9 Å². The van der Waals surface area contributed by atoms with E-state index in [9.17, 15) is 9.59 Å². The molecule has 2 rings (SSSR count). The van der Waals surface area contributed by atoms with Crippen LogP contribution in [0.1, 0.15) is 39.3 Å². The first-order valence-corrected chi connectivity index (χ1v) is 8.61. The molecule has 0 spiro atoms. The maximum atomic E-state index is 12.5. The van der Waals surface area contributed by atoms with E-state index in [0.717, 1.165) is 16.7 Å². The second-order valence-corrected chi connectivity index (χ2v) is 6.64. The van der Waals surface area contributed by atoms with Crippen molar-refractivity contribution in [1.82, 2.24) is 10.6 Å². The van der Waals surface area contributed by atoms with Crippen LogP contribution in [-0.2, 0) is 9.59 Å². The van der Waals surface area contributed by atoms with Crippen molar-refractivity contribution in [2.45, 2.75) is 39.8 Å². The number of nitrogens with one attached hydrogen (secondary N) is 2. The molecule has 0 aromatic heterocycles. The van der Waals surface area contributed by atoms with Crippen molar-refractivity contribution < 1.29 is 9.59 Å². The Kier molecular flexibility index (Phi) is 6.34. The maximum absolute atomic E-state index is 12.5. The highest BCUT2D eigenvalue weighted by atomic mass is 16.2. The summed E-state index contributed by atoms with van der Waals surface area (Å²) in [6.07, 6.45) is 0. The summed E-state index contributed by atoms with van der Waals surface area (Å²) in [6, 6.07) is 17.7. The van der Waals surface area contributed by atoms with Crippen LogP contribution >= 0.6 is 0 Å². The van der Waals surface area contributed by atoms with Crippen molar-refractivity contribution in [2.75, 3.05) is 0 Å². The zero-order valence-electron chi connectivity index (χ0n) is 15.2. The minimum atomic E-state index is -0.524. The van der Waals surface area contributed by atoms with Gasteiger partial charge in [0.05, 0.1) is 6.04 Å². The molecule has 4 nitrogen and oxygen atoms in total. The van der Waals surface area contributed by atoms with E-state index in [4.69, 9.17) is 0 Å². The number of hydrogen-bond donors (Lipinski definition) is 2. The highest BCUT2D eigenvalue weighted by Crippen LogP contribution is 2.22. The molecule has 4 heteroatoms. The van der Waals surface area contributed by atoms with Crippen LogP contribution in [0, 0.1) is 5.92 Å². The molecular formula is C21H26N2O2. The summed E-state index contributed by atoms with van der Waals surface area (Å²) in [5, 5.41) is 5.70. The lowest BCUT2D eigenvalue weighted by atomic mass is 10.00. The lowest BCUT2D eigenvalue weighted by Crippen LogP contribution is -2.49. The molecule has 2 N–H and O–H groups in total. The first kappa shape index (κ1) is 18.7. The van der Waals surface area contributed by atoms with Crippen LogP contribution in [0.4, 0.5) is 0 Å². The molecule has 0 aliphatic carbocycles. The zero-order valence-corrected chi connectivity index (χ0v) is 15.2. The lowest BCUT2D eigenvalue weighted by Gasteiger charge is -2.23. The number of hydrogen-bond acceptors (Lipinski definition) is 2. The molecule has 132 valence electrons. The minimum Gasteiger partial charge on any atom is -0.348 e. The van der Waals surface area contributed by atoms with Crippen LogP contribution in [0.3, 0.4) is 0 Å². The first-order chi connectivity index (χ1) is 11.9. The fourth-order valence-electron chi connectivity index (χ4n) is 2.74. The van der Waals surface area contributed by atoms with E-state index < -0.39 is 6.04 Å². The largest absolute Gasteiger partial charge is 0.348 e. The predicted octanol–water partition coefficient (Wildman–Crippen LogP) is 3.69. The predicted molar refractivity (Wildman–Crippen MR) is 101 cm³/mol. The van der Waals surface area contributed by atoms with Crippen LogP contribution in [-0.4, -0.2) is 17.9 Å². The average molecular weight is 338 g/mol. The maximum Gasteiger partial charge on any atom is 0.243 e. The first-order valence-electron chi connectivity index (χ1n) is 8.61. The van der Waals surface area contributed by atoms with Gasteiger partial charge in [-0.3, -0.25) is 9.59 Å². The minimum absolute atomic E-state index is 0.0246. The van der Waals surface area contributed by atoms with Crippen LogP contribution < -0.4 is 10.6 Å². The Morgan fingerprint density at radius 1 is 0.800 bits per heavy atom. The van der Waals surface area contributed by atoms with Gasteiger partial charge in [0, 0.05) is 6.92 Å². The van der Waals surface area contributed by atoms with Gasteiger partial charge in [-0.25, -0.2) is 0 Å². The number of amides is 2. The van der Waals surface area contributed by atoms with E-state index in [1.165, 1.54) is 6.92 Å². The highest BCUT2D eigenvalue weighted by molar-refractivity contribution is 5.87. The average Bonchev–Trinajstić information content (AvgIpc) is 2.60. The Hall–Kier alpha value is -2.62. The zero-order chi connectivity index (χ0) is 18.4. The summed E-state index contributed by atoms with van der Waals surface area (Å²) < 4.78 is 0. The Bertz CT molecular complexity index is 708. The monoisotopic (exact) mass is 338 g/mol. The molecule has 0 radical (unpaired) electrons. The van der Waals surface area contributed by atoms with Gasteiger partial charge in [0.25, 0.3) is 0 Å². The standard InChI is InChI=1S/C21H26N2O2/c1-14(2)20(23-16(4)24)21(25)22-15(3)17-10-12-19(13-11-17)18-8-6-5-7-9-18/h5-15,20H,1-4H3,(H,22,25)(H,23,24). The van der Waals surface area contributed by atoms with Crippen molar-refractivity contribution in [1.29, 1.82) is 0 Å². The highest BCUT2D eigenvalue weighted by Gasteiger charge is 2.24.